The van der Waals surface area contributed by atoms with Gasteiger partial charge in [0.15, 0.2) is 0 Å². The van der Waals surface area contributed by atoms with E-state index in [9.17, 15) is 24.5 Å². The molecule has 3 atom stereocenters. The van der Waals surface area contributed by atoms with Crippen LogP contribution in [0.2, 0.25) is 0 Å². The predicted molar refractivity (Wildman–Crippen MR) is 129 cm³/mol. The van der Waals surface area contributed by atoms with Gasteiger partial charge in [-0.2, -0.15) is 0 Å². The van der Waals surface area contributed by atoms with Gasteiger partial charge in [0.25, 0.3) is 5.91 Å². The molecule has 0 radical (unpaired) electrons. The fraction of sp³-hybridized carbons (Fsp3) is 0.458. The highest BCUT2D eigenvalue weighted by molar-refractivity contribution is 6.01. The second-order valence-corrected chi connectivity index (χ2v) is 9.01. The van der Waals surface area contributed by atoms with Gasteiger partial charge >= 0.3 is 0 Å². The highest BCUT2D eigenvalue weighted by Crippen LogP contribution is 2.26. The molecule has 1 aromatic heterocycles. The van der Waals surface area contributed by atoms with E-state index in [2.05, 4.69) is 20.9 Å². The Morgan fingerprint density at radius 1 is 1.31 bits per heavy atom. The van der Waals surface area contributed by atoms with Gasteiger partial charge in [0.1, 0.15) is 17.5 Å². The number of fused-ring (bicyclic) bond motifs is 1. The molecule has 2 aromatic rings. The van der Waals surface area contributed by atoms with Crippen LogP contribution >= 0.6 is 0 Å². The van der Waals surface area contributed by atoms with Crippen LogP contribution in [-0.2, 0) is 9.59 Å². The van der Waals surface area contributed by atoms with Gasteiger partial charge in [-0.25, -0.2) is 0 Å². The summed E-state index contributed by atoms with van der Waals surface area (Å²) >= 11 is 0. The third-order valence-electron chi connectivity index (χ3n) is 5.89. The maximum absolute atomic E-state index is 13.2. The summed E-state index contributed by atoms with van der Waals surface area (Å²) in [4.78, 5) is 51.4. The Labute approximate surface area is 202 Å². The summed E-state index contributed by atoms with van der Waals surface area (Å²) in [5, 5.41) is 19.9. The number of rotatable bonds is 11. The van der Waals surface area contributed by atoms with Gasteiger partial charge in [-0.1, -0.05) is 19.9 Å². The number of H-pyrrole nitrogens is 1. The molecule has 0 aliphatic carbocycles. The SMILES string of the molecule is COc1cccc2[nH]c(C(=O)N[C@@H](CC(C)C)C(=O)N[C@H](/C=C/[N+](=O)[O-])C[C@@H]3CCNC3=O)cc12. The fourth-order valence-electron chi connectivity index (χ4n) is 4.19. The molecule has 2 heterocycles. The fourth-order valence-corrected chi connectivity index (χ4v) is 4.19. The maximum Gasteiger partial charge on any atom is 0.268 e. The molecular formula is C24H31N5O6. The van der Waals surface area contributed by atoms with Crippen LogP contribution in [0.4, 0.5) is 0 Å². The van der Waals surface area contributed by atoms with Crippen LogP contribution in [0.15, 0.2) is 36.5 Å². The van der Waals surface area contributed by atoms with Crippen molar-refractivity contribution in [2.45, 2.75) is 45.2 Å². The zero-order valence-electron chi connectivity index (χ0n) is 20.0. The van der Waals surface area contributed by atoms with Crippen molar-refractivity contribution >= 4 is 28.6 Å². The second-order valence-electron chi connectivity index (χ2n) is 9.01. The second kappa shape index (κ2) is 11.5. The van der Waals surface area contributed by atoms with Gasteiger partial charge in [-0.3, -0.25) is 24.5 Å². The number of nitro groups is 1. The lowest BCUT2D eigenvalue weighted by Crippen LogP contribution is -2.50. The smallest absolute Gasteiger partial charge is 0.268 e. The number of carbonyl (C=O) groups excluding carboxylic acids is 3. The molecule has 3 amide bonds. The molecule has 0 spiro atoms. The van der Waals surface area contributed by atoms with Crippen molar-refractivity contribution in [3.8, 4) is 5.75 Å². The van der Waals surface area contributed by atoms with Crippen molar-refractivity contribution < 1.29 is 24.0 Å². The van der Waals surface area contributed by atoms with E-state index < -0.39 is 28.8 Å². The van der Waals surface area contributed by atoms with Crippen molar-refractivity contribution in [1.82, 2.24) is 20.9 Å². The molecule has 1 aliphatic rings. The Bertz CT molecular complexity index is 1120. The van der Waals surface area contributed by atoms with Gasteiger partial charge < -0.3 is 25.7 Å². The van der Waals surface area contributed by atoms with Gasteiger partial charge in [-0.05, 0) is 43.4 Å². The molecule has 1 saturated heterocycles. The third kappa shape index (κ3) is 6.81. The van der Waals surface area contributed by atoms with Crippen molar-refractivity contribution in [2.24, 2.45) is 11.8 Å². The summed E-state index contributed by atoms with van der Waals surface area (Å²) in [5.41, 5.74) is 0.998. The highest BCUT2D eigenvalue weighted by Gasteiger charge is 2.30. The van der Waals surface area contributed by atoms with Crippen LogP contribution in [-0.4, -0.2) is 53.4 Å². The first-order valence-electron chi connectivity index (χ1n) is 11.5. The van der Waals surface area contributed by atoms with Gasteiger partial charge in [0.2, 0.25) is 18.0 Å². The Balaban J connectivity index is 1.76. The minimum Gasteiger partial charge on any atom is -0.496 e. The minimum atomic E-state index is -0.875. The first-order valence-corrected chi connectivity index (χ1v) is 11.5. The molecule has 1 aliphatic heterocycles. The summed E-state index contributed by atoms with van der Waals surface area (Å²) in [6.07, 6.45) is 3.20. The Kier molecular flexibility index (Phi) is 8.45. The average Bonchev–Trinajstić information content (AvgIpc) is 3.42. The number of methoxy groups -OCH3 is 1. The molecule has 35 heavy (non-hydrogen) atoms. The number of carbonyl (C=O) groups is 3. The van der Waals surface area contributed by atoms with Gasteiger partial charge in [0, 0.05) is 29.4 Å². The van der Waals surface area contributed by atoms with E-state index in [0.717, 1.165) is 17.1 Å². The number of hydrogen-bond acceptors (Lipinski definition) is 6. The standard InChI is InChI=1S/C24H31N5O6/c1-14(2)11-19(28-24(32)20-13-17-18(27-20)5-4-6-21(17)35-3)23(31)26-16(8-10-29(33)34)12-15-7-9-25-22(15)30/h4-6,8,10,13-16,19,27H,7,9,11-12H2,1-3H3,(H,25,30)(H,26,31)(H,28,32)/b10-8+/t15-,16+,19-/m0/s1. The van der Waals surface area contributed by atoms with Crippen LogP contribution in [0.5, 0.6) is 5.75 Å². The van der Waals surface area contributed by atoms with Gasteiger partial charge in [-0.15, -0.1) is 0 Å². The van der Waals surface area contributed by atoms with Crippen molar-refractivity contribution in [2.75, 3.05) is 13.7 Å². The van der Waals surface area contributed by atoms with Crippen molar-refractivity contribution in [3.05, 3.63) is 52.3 Å². The van der Waals surface area contributed by atoms with Crippen molar-refractivity contribution in [3.63, 3.8) is 0 Å². The minimum absolute atomic E-state index is 0.0854. The number of nitrogens with zero attached hydrogens (tertiary/aromatic N) is 1. The molecule has 0 bridgehead atoms. The first-order chi connectivity index (χ1) is 16.7. The Morgan fingerprint density at radius 3 is 2.71 bits per heavy atom. The Morgan fingerprint density at radius 2 is 2.09 bits per heavy atom. The van der Waals surface area contributed by atoms with Gasteiger partial charge in [0.05, 0.1) is 18.1 Å². The number of amides is 3. The van der Waals surface area contributed by atoms with E-state index in [0.29, 0.717) is 25.1 Å². The molecule has 11 heteroatoms. The summed E-state index contributed by atoms with van der Waals surface area (Å²) in [7, 11) is 1.55. The number of ether oxygens (including phenoxy) is 1. The van der Waals surface area contributed by atoms with Crippen LogP contribution in [0.25, 0.3) is 10.9 Å². The molecule has 0 unspecified atom stereocenters. The first kappa shape index (κ1) is 25.7. The number of benzene rings is 1. The van der Waals surface area contributed by atoms with Crippen LogP contribution in [0.1, 0.15) is 43.6 Å². The third-order valence-corrected chi connectivity index (χ3v) is 5.89. The summed E-state index contributed by atoms with van der Waals surface area (Å²) in [6.45, 7) is 4.38. The molecule has 0 saturated carbocycles. The lowest BCUT2D eigenvalue weighted by molar-refractivity contribution is -0.402. The highest BCUT2D eigenvalue weighted by atomic mass is 16.6. The van der Waals surface area contributed by atoms with E-state index in [4.69, 9.17) is 4.74 Å². The zero-order chi connectivity index (χ0) is 25.5. The van der Waals surface area contributed by atoms with E-state index in [1.807, 2.05) is 19.9 Å². The number of nitrogens with one attached hydrogen (secondary N) is 4. The average molecular weight is 486 g/mol. The summed E-state index contributed by atoms with van der Waals surface area (Å²) in [6, 6.07) is 5.46. The van der Waals surface area contributed by atoms with E-state index in [1.165, 1.54) is 6.08 Å². The normalized spacial score (nSPS) is 17.4. The lowest BCUT2D eigenvalue weighted by Gasteiger charge is -2.23. The van der Waals surface area contributed by atoms with Crippen LogP contribution in [0, 0.1) is 22.0 Å². The predicted octanol–water partition coefficient (Wildman–Crippen LogP) is 2.12. The van der Waals surface area contributed by atoms with Crippen LogP contribution in [0.3, 0.4) is 0 Å². The number of hydrogen-bond donors (Lipinski definition) is 4. The molecule has 3 rings (SSSR count). The van der Waals surface area contributed by atoms with Crippen LogP contribution < -0.4 is 20.7 Å². The zero-order valence-corrected chi connectivity index (χ0v) is 20.0. The molecule has 4 N–H and O–H groups in total. The quantitative estimate of drug-likeness (QED) is 0.282. The molecule has 188 valence electrons. The van der Waals surface area contributed by atoms with Crippen molar-refractivity contribution in [1.29, 1.82) is 0 Å². The molecular weight excluding hydrogens is 454 g/mol. The molecule has 1 aromatic carbocycles. The topological polar surface area (TPSA) is 155 Å². The molecule has 1 fully saturated rings. The van der Waals surface area contributed by atoms with E-state index in [-0.39, 0.29) is 29.9 Å². The lowest BCUT2D eigenvalue weighted by atomic mass is 9.97. The molecule has 11 nitrogen and oxygen atoms in total. The maximum atomic E-state index is 13.2. The summed E-state index contributed by atoms with van der Waals surface area (Å²) in [5.74, 6) is -0.724. The monoisotopic (exact) mass is 485 g/mol. The van der Waals surface area contributed by atoms with E-state index >= 15 is 0 Å². The Hall–Kier alpha value is -3.89. The summed E-state index contributed by atoms with van der Waals surface area (Å²) < 4.78 is 5.34. The van der Waals surface area contributed by atoms with E-state index in [1.54, 1.807) is 25.3 Å². The largest absolute Gasteiger partial charge is 0.496 e. The number of aromatic nitrogens is 1. The number of aromatic amines is 1.